The lowest BCUT2D eigenvalue weighted by molar-refractivity contribution is 0.102. The second-order valence-corrected chi connectivity index (χ2v) is 6.93. The Morgan fingerprint density at radius 3 is 2.96 bits per heavy atom. The van der Waals surface area contributed by atoms with Crippen molar-refractivity contribution in [1.29, 1.82) is 0 Å². The van der Waals surface area contributed by atoms with E-state index in [0.29, 0.717) is 36.4 Å². The first kappa shape index (κ1) is 18.5. The van der Waals surface area contributed by atoms with Crippen molar-refractivity contribution in [2.45, 2.75) is 19.9 Å². The number of ether oxygens (including phenoxy) is 1. The average Bonchev–Trinajstić information content (AvgIpc) is 3.26. The highest BCUT2D eigenvalue weighted by molar-refractivity contribution is 6.31. The molecule has 1 amide bonds. The fraction of sp³-hybridized carbons (Fsp3) is 0.238. The number of aromatic nitrogens is 3. The zero-order chi connectivity index (χ0) is 19.5. The average molecular weight is 397 g/mol. The maximum atomic E-state index is 12.8. The van der Waals surface area contributed by atoms with Crippen molar-refractivity contribution in [3.63, 3.8) is 0 Å². The van der Waals surface area contributed by atoms with E-state index in [4.69, 9.17) is 16.3 Å². The number of amides is 1. The minimum Gasteiger partial charge on any atom is -0.382 e. The molecule has 7 heteroatoms. The third kappa shape index (κ3) is 3.74. The second-order valence-electron chi connectivity index (χ2n) is 6.49. The van der Waals surface area contributed by atoms with Gasteiger partial charge in [-0.25, -0.2) is 4.98 Å². The molecule has 2 aromatic heterocycles. The van der Waals surface area contributed by atoms with Gasteiger partial charge in [-0.3, -0.25) is 10.1 Å². The van der Waals surface area contributed by atoms with Crippen LogP contribution >= 0.6 is 11.6 Å². The number of anilines is 1. The van der Waals surface area contributed by atoms with Gasteiger partial charge in [0.25, 0.3) is 5.91 Å². The van der Waals surface area contributed by atoms with Gasteiger partial charge in [0.15, 0.2) is 0 Å². The van der Waals surface area contributed by atoms with Gasteiger partial charge >= 0.3 is 0 Å². The van der Waals surface area contributed by atoms with E-state index in [1.165, 1.54) is 0 Å². The van der Waals surface area contributed by atoms with Gasteiger partial charge in [0, 0.05) is 35.7 Å². The van der Waals surface area contributed by atoms with Crippen molar-refractivity contribution in [1.82, 2.24) is 14.5 Å². The van der Waals surface area contributed by atoms with E-state index in [1.807, 2.05) is 47.9 Å². The number of benzene rings is 2. The molecule has 0 saturated carbocycles. The molecule has 0 aliphatic rings. The summed E-state index contributed by atoms with van der Waals surface area (Å²) in [5.74, 6) is 0.285. The number of carbonyl (C=O) groups excluding carboxylic acids is 1. The molecular formula is C21H21ClN4O2. The molecule has 0 saturated heterocycles. The Labute approximate surface area is 167 Å². The molecule has 0 aliphatic carbocycles. The largest absolute Gasteiger partial charge is 0.382 e. The highest BCUT2D eigenvalue weighted by Crippen LogP contribution is 2.23. The minimum atomic E-state index is -0.242. The highest BCUT2D eigenvalue weighted by atomic mass is 35.5. The molecule has 2 aromatic carbocycles. The number of rotatable bonds is 7. The number of halogens is 1. The third-order valence-electron chi connectivity index (χ3n) is 4.58. The first-order valence-corrected chi connectivity index (χ1v) is 9.66. The molecule has 0 unspecified atom stereocenters. The van der Waals surface area contributed by atoms with Gasteiger partial charge in [-0.15, -0.1) is 0 Å². The lowest BCUT2D eigenvalue weighted by Gasteiger charge is -2.10. The second kappa shape index (κ2) is 8.04. The molecule has 0 spiro atoms. The Kier molecular flexibility index (Phi) is 5.32. The van der Waals surface area contributed by atoms with Crippen molar-refractivity contribution >= 4 is 45.4 Å². The van der Waals surface area contributed by atoms with Gasteiger partial charge in [0.1, 0.15) is 5.69 Å². The third-order valence-corrected chi connectivity index (χ3v) is 4.82. The number of hydrogen-bond donors (Lipinski definition) is 2. The highest BCUT2D eigenvalue weighted by Gasteiger charge is 2.16. The number of aryl methyl sites for hydroxylation is 1. The Balaban J connectivity index is 1.61. The minimum absolute atomic E-state index is 0.242. The predicted octanol–water partition coefficient (Wildman–Crippen LogP) is 4.85. The van der Waals surface area contributed by atoms with Crippen LogP contribution in [0, 0.1) is 0 Å². The van der Waals surface area contributed by atoms with Crippen LogP contribution in [-0.2, 0) is 11.3 Å². The smallest absolute Gasteiger partial charge is 0.274 e. The summed E-state index contributed by atoms with van der Waals surface area (Å²) in [5, 5.41) is 4.47. The number of hydrogen-bond acceptors (Lipinski definition) is 3. The van der Waals surface area contributed by atoms with Gasteiger partial charge in [-0.1, -0.05) is 23.7 Å². The van der Waals surface area contributed by atoms with Crippen molar-refractivity contribution in [2.75, 3.05) is 18.5 Å². The van der Waals surface area contributed by atoms with E-state index in [0.717, 1.165) is 28.4 Å². The Hall–Kier alpha value is -2.83. The van der Waals surface area contributed by atoms with Crippen LogP contribution in [0.2, 0.25) is 5.02 Å². The van der Waals surface area contributed by atoms with Crippen LogP contribution in [0.5, 0.6) is 0 Å². The summed E-state index contributed by atoms with van der Waals surface area (Å²) in [6.07, 6.45) is 0.835. The molecule has 4 rings (SSSR count). The number of imidazole rings is 1. The SMILES string of the molecule is CCOCCCn1c(NC(=O)c2cc3cc(Cl)ccc3[nH]2)nc2ccccc21. The van der Waals surface area contributed by atoms with Gasteiger partial charge in [-0.05, 0) is 49.7 Å². The molecule has 28 heavy (non-hydrogen) atoms. The quantitative estimate of drug-likeness (QED) is 0.438. The molecule has 144 valence electrons. The van der Waals surface area contributed by atoms with E-state index >= 15 is 0 Å². The maximum absolute atomic E-state index is 12.8. The molecule has 4 aromatic rings. The van der Waals surface area contributed by atoms with Crippen molar-refractivity contribution < 1.29 is 9.53 Å². The lowest BCUT2D eigenvalue weighted by Crippen LogP contribution is -2.17. The predicted molar refractivity (Wildman–Crippen MR) is 112 cm³/mol. The molecule has 0 aliphatic heterocycles. The summed E-state index contributed by atoms with van der Waals surface area (Å²) in [6.45, 7) is 4.04. The summed E-state index contributed by atoms with van der Waals surface area (Å²) in [6, 6.07) is 15.1. The van der Waals surface area contributed by atoms with Crippen LogP contribution < -0.4 is 5.32 Å². The lowest BCUT2D eigenvalue weighted by atomic mass is 10.2. The van der Waals surface area contributed by atoms with Crippen molar-refractivity contribution in [2.24, 2.45) is 0 Å². The van der Waals surface area contributed by atoms with Crippen LogP contribution in [-0.4, -0.2) is 33.7 Å². The Morgan fingerprint density at radius 1 is 1.25 bits per heavy atom. The van der Waals surface area contributed by atoms with E-state index in [-0.39, 0.29) is 5.91 Å². The Morgan fingerprint density at radius 2 is 2.11 bits per heavy atom. The topological polar surface area (TPSA) is 71.9 Å². The molecule has 0 radical (unpaired) electrons. The Bertz CT molecular complexity index is 1130. The summed E-state index contributed by atoms with van der Waals surface area (Å²) in [7, 11) is 0. The number of carbonyl (C=O) groups is 1. The number of nitrogens with zero attached hydrogens (tertiary/aromatic N) is 2. The summed E-state index contributed by atoms with van der Waals surface area (Å²) in [5.41, 5.74) is 3.15. The number of para-hydroxylation sites is 2. The maximum Gasteiger partial charge on any atom is 0.274 e. The molecule has 0 fully saturated rings. The molecule has 6 nitrogen and oxygen atoms in total. The van der Waals surface area contributed by atoms with Crippen LogP contribution in [0.1, 0.15) is 23.8 Å². The van der Waals surface area contributed by atoms with Crippen LogP contribution in [0.25, 0.3) is 21.9 Å². The number of fused-ring (bicyclic) bond motifs is 2. The fourth-order valence-corrected chi connectivity index (χ4v) is 3.44. The van der Waals surface area contributed by atoms with Gasteiger partial charge in [-0.2, -0.15) is 0 Å². The molecule has 2 heterocycles. The van der Waals surface area contributed by atoms with Crippen LogP contribution in [0.4, 0.5) is 5.95 Å². The van der Waals surface area contributed by atoms with Gasteiger partial charge < -0.3 is 14.3 Å². The van der Waals surface area contributed by atoms with E-state index < -0.39 is 0 Å². The number of aromatic amines is 1. The first-order chi connectivity index (χ1) is 13.7. The number of nitrogens with one attached hydrogen (secondary N) is 2. The zero-order valence-electron chi connectivity index (χ0n) is 15.5. The van der Waals surface area contributed by atoms with Crippen LogP contribution in [0.3, 0.4) is 0 Å². The van der Waals surface area contributed by atoms with Crippen molar-refractivity contribution in [3.8, 4) is 0 Å². The molecular weight excluding hydrogens is 376 g/mol. The summed E-state index contributed by atoms with van der Waals surface area (Å²) < 4.78 is 7.46. The normalized spacial score (nSPS) is 11.4. The molecule has 0 bridgehead atoms. The number of H-pyrrole nitrogens is 1. The van der Waals surface area contributed by atoms with Gasteiger partial charge in [0.05, 0.1) is 11.0 Å². The van der Waals surface area contributed by atoms with E-state index in [9.17, 15) is 4.79 Å². The van der Waals surface area contributed by atoms with Gasteiger partial charge in [0.2, 0.25) is 5.95 Å². The zero-order valence-corrected chi connectivity index (χ0v) is 16.3. The van der Waals surface area contributed by atoms with E-state index in [2.05, 4.69) is 15.3 Å². The standard InChI is InChI=1S/C21H21ClN4O2/c1-2-28-11-5-10-26-19-7-4-3-6-17(19)24-21(26)25-20(27)18-13-14-12-15(22)8-9-16(14)23-18/h3-4,6-9,12-13,23H,2,5,10-11H2,1H3,(H,24,25,27). The molecule has 2 N–H and O–H groups in total. The van der Waals surface area contributed by atoms with Crippen molar-refractivity contribution in [3.05, 3.63) is 59.2 Å². The molecule has 0 atom stereocenters. The van der Waals surface area contributed by atoms with Crippen LogP contribution in [0.15, 0.2) is 48.5 Å². The fourth-order valence-electron chi connectivity index (χ4n) is 3.26. The first-order valence-electron chi connectivity index (χ1n) is 9.28. The monoisotopic (exact) mass is 396 g/mol. The summed E-state index contributed by atoms with van der Waals surface area (Å²) in [4.78, 5) is 20.5. The van der Waals surface area contributed by atoms with E-state index in [1.54, 1.807) is 12.1 Å². The summed E-state index contributed by atoms with van der Waals surface area (Å²) >= 11 is 6.04.